The molecule has 0 unspecified atom stereocenters. The molecule has 0 aliphatic heterocycles. The zero-order valence-electron chi connectivity index (χ0n) is 11.2. The molecule has 0 saturated carbocycles. The number of hydrogen-bond donors (Lipinski definition) is 2. The number of rotatable bonds is 3. The van der Waals surface area contributed by atoms with Crippen LogP contribution in [0.2, 0.25) is 0 Å². The summed E-state index contributed by atoms with van der Waals surface area (Å²) < 4.78 is 0.342. The van der Waals surface area contributed by atoms with Gasteiger partial charge in [0.2, 0.25) is 0 Å². The van der Waals surface area contributed by atoms with E-state index in [1.165, 1.54) is 0 Å². The summed E-state index contributed by atoms with van der Waals surface area (Å²) in [5.74, 6) is -0.0450. The first-order valence-electron chi connectivity index (χ1n) is 6.67. The van der Waals surface area contributed by atoms with Crippen LogP contribution in [0.5, 0.6) is 0 Å². The minimum Gasteiger partial charge on any atom is -0.335 e. The molecule has 2 N–H and O–H groups in total. The van der Waals surface area contributed by atoms with Gasteiger partial charge in [0.1, 0.15) is 0 Å². The second kappa shape index (κ2) is 5.89. The van der Waals surface area contributed by atoms with Gasteiger partial charge in [-0.05, 0) is 23.3 Å². The highest BCUT2D eigenvalue weighted by molar-refractivity contribution is 7.71. The van der Waals surface area contributed by atoms with Crippen LogP contribution in [-0.4, -0.2) is 9.97 Å². The lowest BCUT2D eigenvalue weighted by Crippen LogP contribution is -2.13. The Bertz CT molecular complexity index is 770. The predicted molar refractivity (Wildman–Crippen MR) is 86.1 cm³/mol. The van der Waals surface area contributed by atoms with Crippen LogP contribution in [0.1, 0.15) is 22.7 Å². The average Bonchev–Trinajstić information content (AvgIpc) is 2.49. The van der Waals surface area contributed by atoms with Crippen molar-refractivity contribution in [3.8, 4) is 0 Å². The van der Waals surface area contributed by atoms with Crippen molar-refractivity contribution in [2.45, 2.75) is 5.92 Å². The Morgan fingerprint density at radius 1 is 0.810 bits per heavy atom. The highest BCUT2D eigenvalue weighted by Crippen LogP contribution is 2.29. The summed E-state index contributed by atoms with van der Waals surface area (Å²) in [7, 11) is 0. The lowest BCUT2D eigenvalue weighted by molar-refractivity contribution is 0.885. The summed E-state index contributed by atoms with van der Waals surface area (Å²) in [6.45, 7) is 0. The molecule has 1 heterocycles. The van der Waals surface area contributed by atoms with E-state index in [0.717, 1.165) is 16.8 Å². The largest absolute Gasteiger partial charge is 0.335 e. The van der Waals surface area contributed by atoms with Crippen LogP contribution >= 0.6 is 12.2 Å². The molecule has 0 bridgehead atoms. The molecular weight excluding hydrogens is 280 g/mol. The van der Waals surface area contributed by atoms with Gasteiger partial charge in [0.05, 0.1) is 0 Å². The summed E-state index contributed by atoms with van der Waals surface area (Å²) in [5.41, 5.74) is 2.83. The molecule has 3 aromatic rings. The monoisotopic (exact) mass is 294 g/mol. The highest BCUT2D eigenvalue weighted by Gasteiger charge is 2.17. The first-order chi connectivity index (χ1) is 10.2. The normalized spacial score (nSPS) is 10.7. The third kappa shape index (κ3) is 3.01. The van der Waals surface area contributed by atoms with Crippen LogP contribution in [0.4, 0.5) is 0 Å². The maximum atomic E-state index is 11.7. The number of nitrogens with one attached hydrogen (secondary N) is 2. The molecule has 3 nitrogen and oxygen atoms in total. The van der Waals surface area contributed by atoms with Crippen molar-refractivity contribution in [1.82, 2.24) is 9.97 Å². The lowest BCUT2D eigenvalue weighted by atomic mass is 9.88. The third-order valence-corrected chi connectivity index (χ3v) is 3.56. The van der Waals surface area contributed by atoms with Gasteiger partial charge in [-0.25, -0.2) is 0 Å². The van der Waals surface area contributed by atoms with Crippen molar-refractivity contribution in [2.24, 2.45) is 0 Å². The van der Waals surface area contributed by atoms with E-state index in [9.17, 15) is 4.79 Å². The van der Waals surface area contributed by atoms with Gasteiger partial charge >= 0.3 is 0 Å². The number of H-pyrrole nitrogens is 2. The van der Waals surface area contributed by atoms with E-state index in [-0.39, 0.29) is 11.5 Å². The van der Waals surface area contributed by atoms with Crippen LogP contribution in [0.25, 0.3) is 0 Å². The van der Waals surface area contributed by atoms with Gasteiger partial charge in [0.15, 0.2) is 4.77 Å². The smallest absolute Gasteiger partial charge is 0.251 e. The SMILES string of the molecule is O=c1cc(C(c2ccccc2)c2ccccc2)[nH]c(=S)[nH]1. The summed E-state index contributed by atoms with van der Waals surface area (Å²) >= 11 is 5.10. The number of aromatic nitrogens is 2. The minimum absolute atomic E-state index is 0.0450. The lowest BCUT2D eigenvalue weighted by Gasteiger charge is -2.18. The molecule has 0 aliphatic rings. The fraction of sp³-hybridized carbons (Fsp3) is 0.0588. The molecule has 0 spiro atoms. The van der Waals surface area contributed by atoms with Crippen molar-refractivity contribution in [1.29, 1.82) is 0 Å². The molecule has 0 radical (unpaired) electrons. The molecule has 0 fully saturated rings. The van der Waals surface area contributed by atoms with E-state index >= 15 is 0 Å². The molecule has 0 amide bonds. The summed E-state index contributed by atoms with van der Waals surface area (Å²) in [6.07, 6.45) is 0. The molecule has 21 heavy (non-hydrogen) atoms. The molecule has 0 aliphatic carbocycles. The molecule has 3 rings (SSSR count). The zero-order chi connectivity index (χ0) is 14.7. The molecule has 2 aromatic carbocycles. The van der Waals surface area contributed by atoms with E-state index < -0.39 is 0 Å². The molecular formula is C17H14N2OS. The Morgan fingerprint density at radius 3 is 1.81 bits per heavy atom. The fourth-order valence-corrected chi connectivity index (χ4v) is 2.70. The van der Waals surface area contributed by atoms with E-state index in [1.54, 1.807) is 6.07 Å². The second-order valence-corrected chi connectivity index (χ2v) is 5.21. The number of benzene rings is 2. The van der Waals surface area contributed by atoms with Gasteiger partial charge < -0.3 is 4.98 Å². The number of aromatic amines is 2. The molecule has 1 aromatic heterocycles. The standard InChI is InChI=1S/C17H14N2OS/c20-15-11-14(18-17(21)19-15)16(12-7-3-1-4-8-12)13-9-5-2-6-10-13/h1-11,16H,(H2,18,19,20,21). The molecule has 0 saturated heterocycles. The third-order valence-electron chi connectivity index (χ3n) is 3.36. The van der Waals surface area contributed by atoms with Crippen LogP contribution in [-0.2, 0) is 0 Å². The van der Waals surface area contributed by atoms with Crippen molar-refractivity contribution in [3.63, 3.8) is 0 Å². The van der Waals surface area contributed by atoms with Crippen molar-refractivity contribution in [2.75, 3.05) is 0 Å². The van der Waals surface area contributed by atoms with Gasteiger partial charge in [0.25, 0.3) is 5.56 Å². The van der Waals surface area contributed by atoms with Crippen LogP contribution < -0.4 is 5.56 Å². The Kier molecular flexibility index (Phi) is 3.79. The second-order valence-electron chi connectivity index (χ2n) is 4.80. The molecule has 0 atom stereocenters. The first-order valence-corrected chi connectivity index (χ1v) is 7.08. The van der Waals surface area contributed by atoms with Crippen molar-refractivity contribution >= 4 is 12.2 Å². The Morgan fingerprint density at radius 2 is 1.33 bits per heavy atom. The van der Waals surface area contributed by atoms with E-state index in [0.29, 0.717) is 4.77 Å². The summed E-state index contributed by atoms with van der Waals surface area (Å²) in [5, 5.41) is 0. The fourth-order valence-electron chi connectivity index (χ4n) is 2.49. The van der Waals surface area contributed by atoms with Crippen molar-refractivity contribution in [3.05, 3.63) is 98.7 Å². The summed E-state index contributed by atoms with van der Waals surface area (Å²) in [6, 6.07) is 21.7. The Labute approximate surface area is 127 Å². The maximum absolute atomic E-state index is 11.7. The van der Waals surface area contributed by atoms with Crippen LogP contribution in [0, 0.1) is 4.77 Å². The zero-order valence-corrected chi connectivity index (χ0v) is 12.1. The minimum atomic E-state index is -0.189. The summed E-state index contributed by atoms with van der Waals surface area (Å²) in [4.78, 5) is 17.4. The average molecular weight is 294 g/mol. The molecule has 104 valence electrons. The predicted octanol–water partition coefficient (Wildman–Crippen LogP) is 3.61. The highest BCUT2D eigenvalue weighted by atomic mass is 32.1. The maximum Gasteiger partial charge on any atom is 0.251 e. The van der Waals surface area contributed by atoms with E-state index in [4.69, 9.17) is 12.2 Å². The topological polar surface area (TPSA) is 48.6 Å². The van der Waals surface area contributed by atoms with Gasteiger partial charge in [-0.15, -0.1) is 0 Å². The van der Waals surface area contributed by atoms with Gasteiger partial charge in [-0.2, -0.15) is 0 Å². The van der Waals surface area contributed by atoms with Crippen LogP contribution in [0.15, 0.2) is 71.5 Å². The quantitative estimate of drug-likeness (QED) is 0.725. The Hall–Kier alpha value is -2.46. The first kappa shape index (κ1) is 13.5. The van der Waals surface area contributed by atoms with Crippen molar-refractivity contribution < 1.29 is 0 Å². The van der Waals surface area contributed by atoms with E-state index in [1.807, 2.05) is 36.4 Å². The van der Waals surface area contributed by atoms with Crippen LogP contribution in [0.3, 0.4) is 0 Å². The number of hydrogen-bond acceptors (Lipinski definition) is 2. The van der Waals surface area contributed by atoms with Gasteiger partial charge in [-0.1, -0.05) is 60.7 Å². The van der Waals surface area contributed by atoms with Gasteiger partial charge in [-0.3, -0.25) is 9.78 Å². The Balaban J connectivity index is 2.22. The van der Waals surface area contributed by atoms with E-state index in [2.05, 4.69) is 34.2 Å². The van der Waals surface area contributed by atoms with Gasteiger partial charge in [0, 0.05) is 17.7 Å². The molecule has 4 heteroatoms.